The molecule has 1 unspecified atom stereocenters. The Morgan fingerprint density at radius 2 is 2.06 bits per heavy atom. The summed E-state index contributed by atoms with van der Waals surface area (Å²) in [6.07, 6.45) is 2.40. The highest BCUT2D eigenvalue weighted by atomic mass is 79.9. The fraction of sp³-hybridized carbons (Fsp3) is 0.391. The molecule has 0 saturated heterocycles. The van der Waals surface area contributed by atoms with Crippen molar-refractivity contribution in [3.63, 3.8) is 0 Å². The summed E-state index contributed by atoms with van der Waals surface area (Å²) in [5.41, 5.74) is 1.89. The van der Waals surface area contributed by atoms with Crippen molar-refractivity contribution in [2.24, 2.45) is 5.92 Å². The van der Waals surface area contributed by atoms with Crippen LogP contribution < -0.4 is 5.32 Å². The minimum absolute atomic E-state index is 0.0783. The van der Waals surface area contributed by atoms with Crippen molar-refractivity contribution >= 4 is 39.6 Å². The normalized spacial score (nSPS) is 21.5. The third-order valence-electron chi connectivity index (χ3n) is 6.14. The van der Waals surface area contributed by atoms with E-state index in [0.29, 0.717) is 12.8 Å². The number of aryl methyl sites for hydroxylation is 1. The number of alkyl carbamates (subject to hydrolysis) is 1. The predicted octanol–water partition coefficient (Wildman–Crippen LogP) is 3.16. The van der Waals surface area contributed by atoms with Crippen LogP contribution in [0.25, 0.3) is 0 Å². The van der Waals surface area contributed by atoms with Crippen LogP contribution in [0.5, 0.6) is 0 Å². The Labute approximate surface area is 197 Å². The number of benzene rings is 1. The second-order valence-electron chi connectivity index (χ2n) is 8.16. The Bertz CT molecular complexity index is 1130. The van der Waals surface area contributed by atoms with Crippen LogP contribution in [0, 0.1) is 11.7 Å². The first-order valence-electron chi connectivity index (χ1n) is 10.5. The van der Waals surface area contributed by atoms with Crippen LogP contribution in [0.4, 0.5) is 9.18 Å². The summed E-state index contributed by atoms with van der Waals surface area (Å²) in [6.45, 7) is -0.327. The highest BCUT2D eigenvalue weighted by molar-refractivity contribution is 9.10. The summed E-state index contributed by atoms with van der Waals surface area (Å²) in [6, 6.07) is 5.39. The number of hydrogen-bond donors (Lipinski definition) is 1. The molecule has 3 atom stereocenters. The second-order valence-corrected chi connectivity index (χ2v) is 9.02. The van der Waals surface area contributed by atoms with Gasteiger partial charge >= 0.3 is 12.1 Å². The molecule has 0 radical (unpaired) electrons. The smallest absolute Gasteiger partial charge is 0.407 e. The number of halogens is 2. The van der Waals surface area contributed by atoms with Crippen molar-refractivity contribution in [2.75, 3.05) is 13.7 Å². The number of ketones is 2. The van der Waals surface area contributed by atoms with Crippen molar-refractivity contribution < 1.29 is 33.0 Å². The Kier molecular flexibility index (Phi) is 6.64. The summed E-state index contributed by atoms with van der Waals surface area (Å²) < 4.78 is 25.7. The molecule has 0 fully saturated rings. The first-order valence-corrected chi connectivity index (χ1v) is 11.3. The summed E-state index contributed by atoms with van der Waals surface area (Å²) in [4.78, 5) is 50.1. The standard InChI is InChI=1S/C23H22BrFN2O6/c1-32-23(31)26-17-5-3-12-6-7-27-10-14(9-18(28)20(17)21(12)27)22(30)33-11-19(29)13-2-4-15(24)16(25)8-13/h2,4,6-8,14,17,20H,3,5,9-11H2,1H3,(H,26,31)/t14-,17-,20?/m0/s1. The van der Waals surface area contributed by atoms with Crippen LogP contribution in [0.3, 0.4) is 0 Å². The third-order valence-corrected chi connectivity index (χ3v) is 6.78. The van der Waals surface area contributed by atoms with Gasteiger partial charge < -0.3 is 19.4 Å². The van der Waals surface area contributed by atoms with E-state index in [1.807, 2.05) is 16.8 Å². The van der Waals surface area contributed by atoms with Crippen LogP contribution in [0.1, 0.15) is 40.4 Å². The zero-order valence-electron chi connectivity index (χ0n) is 17.8. The number of hydrogen-bond acceptors (Lipinski definition) is 6. The first-order chi connectivity index (χ1) is 15.8. The van der Waals surface area contributed by atoms with Gasteiger partial charge in [-0.1, -0.05) is 0 Å². The van der Waals surface area contributed by atoms with Crippen molar-refractivity contribution in [3.05, 3.63) is 57.6 Å². The molecule has 0 bridgehead atoms. The number of carbonyl (C=O) groups is 4. The number of nitrogens with zero attached hydrogens (tertiary/aromatic N) is 1. The minimum Gasteiger partial charge on any atom is -0.457 e. The minimum atomic E-state index is -0.784. The molecule has 4 rings (SSSR count). The first kappa shape index (κ1) is 23.2. The average Bonchev–Trinajstić information content (AvgIpc) is 3.13. The van der Waals surface area contributed by atoms with E-state index in [1.165, 1.54) is 19.2 Å². The van der Waals surface area contributed by atoms with Gasteiger partial charge in [0.05, 0.1) is 23.4 Å². The van der Waals surface area contributed by atoms with Crippen molar-refractivity contribution in [3.8, 4) is 0 Å². The average molecular weight is 521 g/mol. The molecule has 1 aromatic heterocycles. The maximum Gasteiger partial charge on any atom is 0.407 e. The molecule has 1 N–H and O–H groups in total. The van der Waals surface area contributed by atoms with Gasteiger partial charge in [-0.15, -0.1) is 0 Å². The molecule has 2 aromatic rings. The molecule has 1 amide bonds. The molecular weight excluding hydrogens is 499 g/mol. The van der Waals surface area contributed by atoms with Crippen LogP contribution in [0.15, 0.2) is 34.9 Å². The van der Waals surface area contributed by atoms with Gasteiger partial charge in [0, 0.05) is 36.5 Å². The lowest BCUT2D eigenvalue weighted by molar-refractivity contribution is -0.149. The number of esters is 1. The quantitative estimate of drug-likeness (QED) is 0.479. The molecule has 2 aliphatic rings. The summed E-state index contributed by atoms with van der Waals surface area (Å²) in [5.74, 6) is -3.37. The van der Waals surface area contributed by atoms with E-state index in [0.717, 1.165) is 17.3 Å². The van der Waals surface area contributed by atoms with Crippen LogP contribution in [-0.2, 0) is 32.0 Å². The monoisotopic (exact) mass is 520 g/mol. The van der Waals surface area contributed by atoms with E-state index in [-0.39, 0.29) is 28.8 Å². The van der Waals surface area contributed by atoms with E-state index >= 15 is 0 Å². The van der Waals surface area contributed by atoms with Crippen LogP contribution in [-0.4, -0.2) is 48.0 Å². The Balaban J connectivity index is 1.48. The van der Waals surface area contributed by atoms with Gasteiger partial charge in [-0.25, -0.2) is 9.18 Å². The topological polar surface area (TPSA) is 104 Å². The molecule has 2 heterocycles. The van der Waals surface area contributed by atoms with Gasteiger partial charge in [0.15, 0.2) is 12.4 Å². The summed E-state index contributed by atoms with van der Waals surface area (Å²) >= 11 is 3.02. The van der Waals surface area contributed by atoms with E-state index in [4.69, 9.17) is 9.47 Å². The molecule has 0 spiro atoms. The Hall–Kier alpha value is -3.01. The molecule has 0 saturated carbocycles. The number of amides is 1. The maximum absolute atomic E-state index is 13.7. The van der Waals surface area contributed by atoms with E-state index in [9.17, 15) is 23.6 Å². The number of aromatic nitrogens is 1. The number of Topliss-reactive ketones (excluding diaryl/α,β-unsaturated/α-hetero) is 2. The Morgan fingerprint density at radius 1 is 1.27 bits per heavy atom. The second kappa shape index (κ2) is 9.46. The van der Waals surface area contributed by atoms with E-state index in [1.54, 1.807) is 0 Å². The largest absolute Gasteiger partial charge is 0.457 e. The van der Waals surface area contributed by atoms with Gasteiger partial charge in [-0.05, 0) is 58.6 Å². The lowest BCUT2D eigenvalue weighted by Crippen LogP contribution is -2.44. The van der Waals surface area contributed by atoms with Gasteiger partial charge in [-0.2, -0.15) is 0 Å². The Morgan fingerprint density at radius 3 is 2.79 bits per heavy atom. The fourth-order valence-electron chi connectivity index (χ4n) is 4.53. The zero-order chi connectivity index (χ0) is 23.7. The predicted molar refractivity (Wildman–Crippen MR) is 117 cm³/mol. The molecule has 1 aromatic carbocycles. The molecule has 33 heavy (non-hydrogen) atoms. The van der Waals surface area contributed by atoms with Crippen LogP contribution in [0.2, 0.25) is 0 Å². The van der Waals surface area contributed by atoms with Crippen molar-refractivity contribution in [2.45, 2.75) is 37.8 Å². The van der Waals surface area contributed by atoms with Crippen molar-refractivity contribution in [1.82, 2.24) is 9.88 Å². The summed E-state index contributed by atoms with van der Waals surface area (Å²) in [5, 5.41) is 2.74. The fourth-order valence-corrected chi connectivity index (χ4v) is 4.77. The van der Waals surface area contributed by atoms with Gasteiger partial charge in [0.2, 0.25) is 0 Å². The van der Waals surface area contributed by atoms with Crippen LogP contribution >= 0.6 is 15.9 Å². The third kappa shape index (κ3) is 4.71. The molecule has 174 valence electrons. The number of nitrogens with one attached hydrogen (secondary N) is 1. The molecule has 1 aliphatic heterocycles. The summed E-state index contributed by atoms with van der Waals surface area (Å²) in [7, 11) is 1.26. The highest BCUT2D eigenvalue weighted by Gasteiger charge is 2.42. The number of methoxy groups -OCH3 is 1. The van der Waals surface area contributed by atoms with Gasteiger partial charge in [0.25, 0.3) is 0 Å². The number of rotatable bonds is 5. The van der Waals surface area contributed by atoms with Crippen molar-refractivity contribution in [1.29, 1.82) is 0 Å². The highest BCUT2D eigenvalue weighted by Crippen LogP contribution is 2.38. The van der Waals surface area contributed by atoms with E-state index in [2.05, 4.69) is 21.2 Å². The van der Waals surface area contributed by atoms with Gasteiger partial charge in [0.1, 0.15) is 11.6 Å². The maximum atomic E-state index is 13.7. The molecule has 8 nitrogen and oxygen atoms in total. The molecular formula is C23H22BrFN2O6. The number of ether oxygens (including phenoxy) is 2. The lowest BCUT2D eigenvalue weighted by atomic mass is 9.79. The van der Waals surface area contributed by atoms with Gasteiger partial charge in [-0.3, -0.25) is 14.4 Å². The lowest BCUT2D eigenvalue weighted by Gasteiger charge is -2.31. The molecule has 10 heteroatoms. The molecule has 1 aliphatic carbocycles. The number of carbonyl (C=O) groups excluding carboxylic acids is 4. The zero-order valence-corrected chi connectivity index (χ0v) is 19.4. The van der Waals surface area contributed by atoms with E-state index < -0.39 is 48.1 Å². The SMILES string of the molecule is COC(=O)N[C@H]1CCc2ccn3c2C1C(=O)C[C@H](C(=O)OCC(=O)c1ccc(Br)c(F)c1)C3.